The lowest BCUT2D eigenvalue weighted by Crippen LogP contribution is -2.34. The van der Waals surface area contributed by atoms with Crippen LogP contribution < -0.4 is 10.9 Å². The lowest BCUT2D eigenvalue weighted by molar-refractivity contribution is -0.137. The molecule has 140 valence electrons. The van der Waals surface area contributed by atoms with Gasteiger partial charge in [0.1, 0.15) is 5.52 Å². The van der Waals surface area contributed by atoms with Crippen LogP contribution in [-0.2, 0) is 19.3 Å². The number of amides is 1. The predicted molar refractivity (Wildman–Crippen MR) is 92.1 cm³/mol. The van der Waals surface area contributed by atoms with E-state index in [0.29, 0.717) is 17.7 Å². The summed E-state index contributed by atoms with van der Waals surface area (Å²) in [7, 11) is 0. The Bertz CT molecular complexity index is 1060. The molecule has 0 fully saturated rings. The number of benzene rings is 1. The molecule has 0 aliphatic carbocycles. The predicted octanol–water partition coefficient (Wildman–Crippen LogP) is 2.76. The highest BCUT2D eigenvalue weighted by Crippen LogP contribution is 2.29. The third kappa shape index (κ3) is 3.81. The van der Waals surface area contributed by atoms with Crippen molar-refractivity contribution in [3.05, 3.63) is 69.8 Å². The molecule has 0 atom stereocenters. The largest absolute Gasteiger partial charge is 0.416 e. The second-order valence-corrected chi connectivity index (χ2v) is 5.74. The molecule has 0 saturated heterocycles. The van der Waals surface area contributed by atoms with Gasteiger partial charge in [-0.3, -0.25) is 14.2 Å². The second kappa shape index (κ2) is 7.18. The Morgan fingerprint density at radius 1 is 1.22 bits per heavy atom. The monoisotopic (exact) mass is 376 g/mol. The van der Waals surface area contributed by atoms with Gasteiger partial charge < -0.3 is 5.32 Å². The fourth-order valence-corrected chi connectivity index (χ4v) is 2.64. The molecule has 0 spiro atoms. The van der Waals surface area contributed by atoms with Crippen molar-refractivity contribution in [2.45, 2.75) is 26.2 Å². The second-order valence-electron chi connectivity index (χ2n) is 5.74. The van der Waals surface area contributed by atoms with Gasteiger partial charge in [0.2, 0.25) is 0 Å². The summed E-state index contributed by atoms with van der Waals surface area (Å²) >= 11 is 0. The lowest BCUT2D eigenvalue weighted by Gasteiger charge is -2.11. The van der Waals surface area contributed by atoms with Crippen LogP contribution in [0.1, 0.15) is 28.5 Å². The molecular weight excluding hydrogens is 361 g/mol. The molecule has 0 saturated carbocycles. The number of nitrogens with one attached hydrogen (secondary N) is 1. The van der Waals surface area contributed by atoms with Gasteiger partial charge in [-0.2, -0.15) is 13.2 Å². The summed E-state index contributed by atoms with van der Waals surface area (Å²) in [5.74, 6) is -0.759. The molecule has 0 unspecified atom stereocenters. The van der Waals surface area contributed by atoms with E-state index in [4.69, 9.17) is 0 Å². The number of carbonyl (C=O) groups excluding carboxylic acids is 1. The Hall–Kier alpha value is -3.23. The number of fused-ring (bicyclic) bond motifs is 1. The van der Waals surface area contributed by atoms with Gasteiger partial charge in [-0.15, -0.1) is 0 Å². The average molecular weight is 376 g/mol. The van der Waals surface area contributed by atoms with Gasteiger partial charge in [0.05, 0.1) is 5.56 Å². The summed E-state index contributed by atoms with van der Waals surface area (Å²) < 4.78 is 39.6. The normalized spacial score (nSPS) is 11.6. The highest BCUT2D eigenvalue weighted by atomic mass is 19.4. The SMILES string of the molecule is CCn1c(=O)c(C(=O)NCc2cccc(C(F)(F)F)c2)nc2cccnc21. The fraction of sp³-hybridized carbons (Fsp3) is 0.222. The quantitative estimate of drug-likeness (QED) is 0.760. The van der Waals surface area contributed by atoms with E-state index in [-0.39, 0.29) is 17.8 Å². The minimum atomic E-state index is -4.47. The molecule has 2 heterocycles. The standard InChI is InChI=1S/C18H15F3N4O2/c1-2-25-15-13(7-4-8-22-15)24-14(17(25)27)16(26)23-10-11-5-3-6-12(9-11)18(19,20)21/h3-9H,2,10H2,1H3,(H,23,26). The number of pyridine rings is 1. The zero-order valence-corrected chi connectivity index (χ0v) is 14.2. The molecule has 3 aromatic rings. The van der Waals surface area contributed by atoms with Crippen molar-refractivity contribution in [3.63, 3.8) is 0 Å². The van der Waals surface area contributed by atoms with Gasteiger partial charge in [-0.25, -0.2) is 9.97 Å². The van der Waals surface area contributed by atoms with E-state index >= 15 is 0 Å². The minimum Gasteiger partial charge on any atom is -0.346 e. The van der Waals surface area contributed by atoms with Crippen molar-refractivity contribution in [1.82, 2.24) is 19.9 Å². The molecule has 0 bridgehead atoms. The van der Waals surface area contributed by atoms with Crippen LogP contribution in [0.5, 0.6) is 0 Å². The summed E-state index contributed by atoms with van der Waals surface area (Å²) in [6.45, 7) is 1.86. The first-order valence-corrected chi connectivity index (χ1v) is 8.11. The van der Waals surface area contributed by atoms with E-state index in [9.17, 15) is 22.8 Å². The molecule has 1 aromatic carbocycles. The van der Waals surface area contributed by atoms with Crippen LogP contribution >= 0.6 is 0 Å². The fourth-order valence-electron chi connectivity index (χ4n) is 2.64. The first-order valence-electron chi connectivity index (χ1n) is 8.11. The van der Waals surface area contributed by atoms with E-state index in [1.165, 1.54) is 22.9 Å². The van der Waals surface area contributed by atoms with Gasteiger partial charge in [-0.1, -0.05) is 12.1 Å². The Morgan fingerprint density at radius 2 is 2.00 bits per heavy atom. The van der Waals surface area contributed by atoms with E-state index in [1.807, 2.05) is 0 Å². The first kappa shape index (κ1) is 18.6. The van der Waals surface area contributed by atoms with Crippen LogP contribution in [0, 0.1) is 0 Å². The molecule has 9 heteroatoms. The van der Waals surface area contributed by atoms with Crippen molar-refractivity contribution >= 4 is 17.1 Å². The molecular formula is C18H15F3N4O2. The number of alkyl halides is 3. The van der Waals surface area contributed by atoms with E-state index in [2.05, 4.69) is 15.3 Å². The number of halogens is 3. The van der Waals surface area contributed by atoms with Crippen molar-refractivity contribution in [3.8, 4) is 0 Å². The average Bonchev–Trinajstić information content (AvgIpc) is 2.65. The summed E-state index contributed by atoms with van der Waals surface area (Å²) in [6.07, 6.45) is -2.95. The van der Waals surface area contributed by atoms with Crippen LogP contribution in [0.25, 0.3) is 11.2 Å². The number of nitrogens with zero attached hydrogens (tertiary/aromatic N) is 3. The maximum Gasteiger partial charge on any atom is 0.416 e. The highest BCUT2D eigenvalue weighted by Gasteiger charge is 2.30. The summed E-state index contributed by atoms with van der Waals surface area (Å²) in [6, 6.07) is 7.86. The maximum absolute atomic E-state index is 12.8. The van der Waals surface area contributed by atoms with Crippen LogP contribution in [0.4, 0.5) is 13.2 Å². The zero-order valence-electron chi connectivity index (χ0n) is 14.2. The van der Waals surface area contributed by atoms with E-state index < -0.39 is 23.2 Å². The molecule has 0 aliphatic heterocycles. The maximum atomic E-state index is 12.8. The topological polar surface area (TPSA) is 76.9 Å². The van der Waals surface area contributed by atoms with Gasteiger partial charge >= 0.3 is 6.18 Å². The summed E-state index contributed by atoms with van der Waals surface area (Å²) in [5, 5.41) is 2.45. The number of rotatable bonds is 4. The third-order valence-electron chi connectivity index (χ3n) is 3.94. The van der Waals surface area contributed by atoms with Gasteiger partial charge in [0.25, 0.3) is 11.5 Å². The molecule has 2 aromatic heterocycles. The first-order chi connectivity index (χ1) is 12.8. The minimum absolute atomic E-state index is 0.166. The summed E-state index contributed by atoms with van der Waals surface area (Å²) in [4.78, 5) is 33.1. The number of aromatic nitrogens is 3. The molecule has 6 nitrogen and oxygen atoms in total. The van der Waals surface area contributed by atoms with Crippen LogP contribution in [0.15, 0.2) is 47.4 Å². The van der Waals surface area contributed by atoms with Crippen LogP contribution in [-0.4, -0.2) is 20.4 Å². The Labute approximate surface area is 151 Å². The van der Waals surface area contributed by atoms with Gasteiger partial charge in [-0.05, 0) is 36.8 Å². The van der Waals surface area contributed by atoms with Gasteiger partial charge in [0.15, 0.2) is 11.3 Å². The summed E-state index contributed by atoms with van der Waals surface area (Å²) in [5.41, 5.74) is -0.744. The van der Waals surface area contributed by atoms with Crippen molar-refractivity contribution in [1.29, 1.82) is 0 Å². The Kier molecular flexibility index (Phi) is 4.93. The molecule has 3 rings (SSSR count). The molecule has 0 aliphatic rings. The van der Waals surface area contributed by atoms with Crippen LogP contribution in [0.3, 0.4) is 0 Å². The number of carbonyl (C=O) groups is 1. The number of hydrogen-bond donors (Lipinski definition) is 1. The zero-order chi connectivity index (χ0) is 19.6. The van der Waals surface area contributed by atoms with E-state index in [0.717, 1.165) is 12.1 Å². The lowest BCUT2D eigenvalue weighted by atomic mass is 10.1. The number of hydrogen-bond acceptors (Lipinski definition) is 4. The van der Waals surface area contributed by atoms with Crippen molar-refractivity contribution < 1.29 is 18.0 Å². The molecule has 0 radical (unpaired) electrons. The Morgan fingerprint density at radius 3 is 2.70 bits per heavy atom. The molecule has 27 heavy (non-hydrogen) atoms. The van der Waals surface area contributed by atoms with Crippen molar-refractivity contribution in [2.75, 3.05) is 0 Å². The molecule has 1 N–H and O–H groups in total. The smallest absolute Gasteiger partial charge is 0.346 e. The number of aryl methyl sites for hydroxylation is 1. The van der Waals surface area contributed by atoms with E-state index in [1.54, 1.807) is 19.1 Å². The highest BCUT2D eigenvalue weighted by molar-refractivity contribution is 5.93. The third-order valence-corrected chi connectivity index (χ3v) is 3.94. The molecule has 1 amide bonds. The Balaban J connectivity index is 1.87. The van der Waals surface area contributed by atoms with Gasteiger partial charge in [0, 0.05) is 19.3 Å². The van der Waals surface area contributed by atoms with Crippen molar-refractivity contribution in [2.24, 2.45) is 0 Å². The van der Waals surface area contributed by atoms with Crippen LogP contribution in [0.2, 0.25) is 0 Å².